The maximum absolute atomic E-state index is 14.0. The molecule has 3 aliphatic rings. The van der Waals surface area contributed by atoms with Gasteiger partial charge >= 0.3 is 6.03 Å². The van der Waals surface area contributed by atoms with E-state index in [2.05, 4.69) is 10.6 Å². The highest BCUT2D eigenvalue weighted by molar-refractivity contribution is 6.07. The van der Waals surface area contributed by atoms with Crippen molar-refractivity contribution in [2.24, 2.45) is 0 Å². The van der Waals surface area contributed by atoms with Gasteiger partial charge in [-0.15, -0.1) is 0 Å². The zero-order chi connectivity index (χ0) is 28.1. The lowest BCUT2D eigenvalue weighted by Crippen LogP contribution is -2.58. The Morgan fingerprint density at radius 2 is 1.72 bits per heavy atom. The minimum Gasteiger partial charge on any atom is -0.363 e. The Labute approximate surface area is 224 Å². The number of likely N-dealkylation sites (N-methyl/N-ethyl adjacent to an activating group) is 1. The monoisotopic (exact) mass is 540 g/mol. The van der Waals surface area contributed by atoms with E-state index in [1.807, 2.05) is 13.8 Å². The summed E-state index contributed by atoms with van der Waals surface area (Å²) in [5.41, 5.74) is 0.281. The Bertz CT molecular complexity index is 1360. The summed E-state index contributed by atoms with van der Waals surface area (Å²) in [5, 5.41) is 5.16. The van der Waals surface area contributed by atoms with Gasteiger partial charge in [0.25, 0.3) is 11.8 Å². The number of amides is 5. The van der Waals surface area contributed by atoms with Crippen molar-refractivity contribution in [3.05, 3.63) is 64.7 Å². The third kappa shape index (κ3) is 4.44. The number of benzene rings is 2. The second kappa shape index (κ2) is 9.71. The number of carbonyl (C=O) groups excluding carboxylic acids is 4. The third-order valence-electron chi connectivity index (χ3n) is 8.32. The second-order valence-electron chi connectivity index (χ2n) is 10.4. The molecular weight excluding hydrogens is 510 g/mol. The van der Waals surface area contributed by atoms with Crippen LogP contribution in [0.2, 0.25) is 0 Å². The Morgan fingerprint density at radius 1 is 1.05 bits per heavy atom. The first-order chi connectivity index (χ1) is 18.5. The van der Waals surface area contributed by atoms with Gasteiger partial charge in [0.15, 0.2) is 0 Å². The summed E-state index contributed by atoms with van der Waals surface area (Å²) in [6.45, 7) is 3.26. The standard InChI is InChI=1S/C28H30F2N4O5/c1-4-28(5-2)25(37)34(22(15-39-28)17-8-19(29)11-20(30)9-17)14-23(35)31-21-7-6-16-12-27(13-18(16)10-21)24(36)32-26(38)33(27)3/h6-11,22H,4-5,12-15H2,1-3H3,(H,31,35)(H,32,36,38)/t22-,27-/m0/s1. The van der Waals surface area contributed by atoms with Crippen LogP contribution >= 0.6 is 0 Å². The fourth-order valence-corrected chi connectivity index (χ4v) is 5.91. The molecule has 0 saturated carbocycles. The zero-order valence-corrected chi connectivity index (χ0v) is 22.0. The number of fused-ring (bicyclic) bond motifs is 1. The fourth-order valence-electron chi connectivity index (χ4n) is 5.91. The SMILES string of the molecule is CCC1(CC)OC[C@@H](c2cc(F)cc(F)c2)N(CC(=O)Nc2ccc3c(c2)C[C@@]2(C3)C(=O)NC(=O)N2C)C1=O. The minimum absolute atomic E-state index is 0.0151. The lowest BCUT2D eigenvalue weighted by atomic mass is 9.90. The van der Waals surface area contributed by atoms with Gasteiger partial charge in [-0.1, -0.05) is 19.9 Å². The van der Waals surface area contributed by atoms with Crippen LogP contribution in [0.3, 0.4) is 0 Å². The summed E-state index contributed by atoms with van der Waals surface area (Å²) >= 11 is 0. The van der Waals surface area contributed by atoms with Crippen LogP contribution in [0.4, 0.5) is 19.3 Å². The Kier molecular flexibility index (Phi) is 6.66. The normalized spacial score (nSPS) is 23.8. The number of ether oxygens (including phenoxy) is 1. The number of carbonyl (C=O) groups is 4. The highest BCUT2D eigenvalue weighted by atomic mass is 19.1. The van der Waals surface area contributed by atoms with Gasteiger partial charge in [0, 0.05) is 31.6 Å². The molecule has 5 rings (SSSR count). The van der Waals surface area contributed by atoms with Crippen molar-refractivity contribution in [1.82, 2.24) is 15.1 Å². The van der Waals surface area contributed by atoms with E-state index in [9.17, 15) is 28.0 Å². The number of hydrogen-bond donors (Lipinski definition) is 2. The van der Waals surface area contributed by atoms with Crippen LogP contribution in [0, 0.1) is 11.6 Å². The number of anilines is 1. The Morgan fingerprint density at radius 3 is 2.33 bits per heavy atom. The molecule has 1 aliphatic carbocycles. The van der Waals surface area contributed by atoms with Gasteiger partial charge in [0.05, 0.1) is 12.6 Å². The second-order valence-corrected chi connectivity index (χ2v) is 10.4. The summed E-state index contributed by atoms with van der Waals surface area (Å²) in [6, 6.07) is 6.99. The molecule has 0 unspecified atom stereocenters. The van der Waals surface area contributed by atoms with Crippen molar-refractivity contribution < 1.29 is 32.7 Å². The number of nitrogens with one attached hydrogen (secondary N) is 2. The van der Waals surface area contributed by atoms with Crippen LogP contribution in [0.15, 0.2) is 36.4 Å². The van der Waals surface area contributed by atoms with Crippen molar-refractivity contribution in [2.45, 2.75) is 56.7 Å². The molecule has 2 N–H and O–H groups in total. The molecule has 1 spiro atoms. The van der Waals surface area contributed by atoms with Crippen LogP contribution in [0.1, 0.15) is 49.4 Å². The van der Waals surface area contributed by atoms with Crippen molar-refractivity contribution in [2.75, 3.05) is 25.5 Å². The van der Waals surface area contributed by atoms with Gasteiger partial charge in [-0.05, 0) is 53.8 Å². The summed E-state index contributed by atoms with van der Waals surface area (Å²) in [7, 11) is 1.58. The molecule has 5 amide bonds. The molecule has 11 heteroatoms. The van der Waals surface area contributed by atoms with Crippen LogP contribution in [0.5, 0.6) is 0 Å². The molecule has 0 bridgehead atoms. The van der Waals surface area contributed by atoms with E-state index in [1.54, 1.807) is 25.2 Å². The first kappa shape index (κ1) is 26.7. The van der Waals surface area contributed by atoms with E-state index < -0.39 is 46.7 Å². The maximum Gasteiger partial charge on any atom is 0.324 e. The summed E-state index contributed by atoms with van der Waals surface area (Å²) in [4.78, 5) is 54.1. The quantitative estimate of drug-likeness (QED) is 0.548. The fraction of sp³-hybridized carbons (Fsp3) is 0.429. The topological polar surface area (TPSA) is 108 Å². The lowest BCUT2D eigenvalue weighted by Gasteiger charge is -2.45. The maximum atomic E-state index is 14.0. The molecule has 2 heterocycles. The predicted octanol–water partition coefficient (Wildman–Crippen LogP) is 3.08. The minimum atomic E-state index is -1.13. The van der Waals surface area contributed by atoms with Gasteiger partial charge in [-0.25, -0.2) is 13.6 Å². The van der Waals surface area contributed by atoms with Gasteiger partial charge in [-0.2, -0.15) is 0 Å². The highest BCUT2D eigenvalue weighted by Gasteiger charge is 2.54. The van der Waals surface area contributed by atoms with Crippen LogP contribution in [0.25, 0.3) is 0 Å². The molecule has 39 heavy (non-hydrogen) atoms. The van der Waals surface area contributed by atoms with E-state index in [4.69, 9.17) is 4.74 Å². The van der Waals surface area contributed by atoms with Crippen LogP contribution in [-0.4, -0.2) is 64.9 Å². The number of morpholine rings is 1. The van der Waals surface area contributed by atoms with Crippen molar-refractivity contribution >= 4 is 29.4 Å². The number of hydrogen-bond acceptors (Lipinski definition) is 5. The molecule has 2 aromatic rings. The van der Waals surface area contributed by atoms with E-state index in [1.165, 1.54) is 9.80 Å². The average molecular weight is 541 g/mol. The van der Waals surface area contributed by atoms with Crippen LogP contribution < -0.4 is 10.6 Å². The molecule has 2 fully saturated rings. The summed E-state index contributed by atoms with van der Waals surface area (Å²) in [6.07, 6.45) is 1.43. The number of nitrogens with zero attached hydrogens (tertiary/aromatic N) is 2. The van der Waals surface area contributed by atoms with Crippen molar-refractivity contribution in [3.63, 3.8) is 0 Å². The van der Waals surface area contributed by atoms with Crippen molar-refractivity contribution in [1.29, 1.82) is 0 Å². The average Bonchev–Trinajstić information content (AvgIpc) is 3.37. The third-order valence-corrected chi connectivity index (χ3v) is 8.32. The van der Waals surface area contributed by atoms with E-state index >= 15 is 0 Å². The summed E-state index contributed by atoms with van der Waals surface area (Å²) < 4.78 is 34.0. The number of imide groups is 1. The number of urea groups is 1. The van der Waals surface area contributed by atoms with Gasteiger partial charge in [0.2, 0.25) is 5.91 Å². The van der Waals surface area contributed by atoms with E-state index in [-0.39, 0.29) is 24.6 Å². The van der Waals surface area contributed by atoms with E-state index in [0.717, 1.165) is 29.3 Å². The first-order valence-corrected chi connectivity index (χ1v) is 12.9. The Hall–Kier alpha value is -3.86. The predicted molar refractivity (Wildman–Crippen MR) is 137 cm³/mol. The number of rotatable bonds is 6. The molecule has 9 nitrogen and oxygen atoms in total. The van der Waals surface area contributed by atoms with Crippen LogP contribution in [-0.2, 0) is 32.0 Å². The molecule has 206 valence electrons. The molecule has 2 saturated heterocycles. The molecule has 2 atom stereocenters. The van der Waals surface area contributed by atoms with Gasteiger partial charge in [-0.3, -0.25) is 19.7 Å². The molecule has 2 aliphatic heterocycles. The molecule has 0 aromatic heterocycles. The van der Waals surface area contributed by atoms with Crippen molar-refractivity contribution in [3.8, 4) is 0 Å². The molecule has 0 radical (unpaired) electrons. The van der Waals surface area contributed by atoms with E-state index in [0.29, 0.717) is 31.4 Å². The zero-order valence-electron chi connectivity index (χ0n) is 22.0. The molecule has 2 aromatic carbocycles. The van der Waals surface area contributed by atoms with Gasteiger partial charge < -0.3 is 19.9 Å². The summed E-state index contributed by atoms with van der Waals surface area (Å²) in [5.74, 6) is -2.84. The largest absolute Gasteiger partial charge is 0.363 e. The smallest absolute Gasteiger partial charge is 0.324 e. The van der Waals surface area contributed by atoms with Gasteiger partial charge in [0.1, 0.15) is 29.3 Å². The Balaban J connectivity index is 1.37. The highest BCUT2D eigenvalue weighted by Crippen LogP contribution is 2.39. The first-order valence-electron chi connectivity index (χ1n) is 12.9. The molecular formula is C28H30F2N4O5. The lowest BCUT2D eigenvalue weighted by molar-refractivity contribution is -0.182. The number of halogens is 2.